The molecule has 1 fully saturated rings. The predicted octanol–water partition coefficient (Wildman–Crippen LogP) is 10.0. The minimum Gasteiger partial charge on any atom is -0.413 e. The first-order valence-electron chi connectivity index (χ1n) is 16.3. The maximum Gasteiger partial charge on any atom is 0.200 e. The minimum atomic E-state index is -2.01. The smallest absolute Gasteiger partial charge is 0.200 e. The van der Waals surface area contributed by atoms with Crippen molar-refractivity contribution in [2.24, 2.45) is 11.8 Å². The average molecular weight is 589 g/mol. The fraction of sp³-hybridized carbons (Fsp3) is 1.00. The maximum absolute atomic E-state index is 7.39. The van der Waals surface area contributed by atoms with Gasteiger partial charge in [-0.25, -0.2) is 0 Å². The quantitative estimate of drug-likeness (QED) is 0.105. The van der Waals surface area contributed by atoms with E-state index in [1.165, 1.54) is 18.1 Å². The molecule has 1 rings (SSSR count). The van der Waals surface area contributed by atoms with Crippen molar-refractivity contribution in [1.29, 1.82) is 0 Å². The summed E-state index contributed by atoms with van der Waals surface area (Å²) in [4.78, 5) is 0. The molecule has 7 heteroatoms. The molecule has 0 unspecified atom stereocenters. The third-order valence-corrected chi connectivity index (χ3v) is 26.1. The summed E-state index contributed by atoms with van der Waals surface area (Å²) in [6.45, 7) is 36.1. The molecule has 4 nitrogen and oxygen atoms in total. The SMILES string of the molecule is CC[Si](CC)(CC)O[C@@H]([C@H](C)[C@@H]1O[C@H]1C)[C@H](C)[C@H](CO[Si](C(C)C)(C(C)C)C(C)C)O[Si](CC)(CC)CC. The zero-order valence-electron chi connectivity index (χ0n) is 28.3. The first-order chi connectivity index (χ1) is 17.7. The molecule has 0 aromatic rings. The Hall–Kier alpha value is 0.491. The third kappa shape index (κ3) is 8.28. The van der Waals surface area contributed by atoms with E-state index in [2.05, 4.69) is 104 Å². The van der Waals surface area contributed by atoms with Gasteiger partial charge in [-0.15, -0.1) is 0 Å². The van der Waals surface area contributed by atoms with Crippen LogP contribution in [0.4, 0.5) is 0 Å². The molecule has 0 N–H and O–H groups in total. The number of epoxide rings is 1. The minimum absolute atomic E-state index is 0.0587. The van der Waals surface area contributed by atoms with Gasteiger partial charge in [0.1, 0.15) is 0 Å². The molecule has 0 spiro atoms. The van der Waals surface area contributed by atoms with Crippen LogP contribution in [0.5, 0.6) is 0 Å². The Morgan fingerprint density at radius 1 is 0.632 bits per heavy atom. The first-order valence-corrected chi connectivity index (χ1v) is 23.5. The molecule has 1 aliphatic heterocycles. The van der Waals surface area contributed by atoms with E-state index in [0.29, 0.717) is 41.4 Å². The van der Waals surface area contributed by atoms with Crippen molar-refractivity contribution >= 4 is 25.0 Å². The van der Waals surface area contributed by atoms with E-state index in [1.807, 2.05) is 0 Å². The van der Waals surface area contributed by atoms with Gasteiger partial charge < -0.3 is 18.0 Å². The summed E-state index contributed by atoms with van der Waals surface area (Å²) in [5, 5.41) is 0. The molecule has 0 saturated carbocycles. The van der Waals surface area contributed by atoms with Crippen LogP contribution in [0.3, 0.4) is 0 Å². The van der Waals surface area contributed by atoms with Gasteiger partial charge in [-0.3, -0.25) is 0 Å². The predicted molar refractivity (Wildman–Crippen MR) is 174 cm³/mol. The molecule has 0 radical (unpaired) electrons. The molecule has 1 aliphatic rings. The average Bonchev–Trinajstić information content (AvgIpc) is 3.63. The van der Waals surface area contributed by atoms with Crippen LogP contribution in [0.25, 0.3) is 0 Å². The van der Waals surface area contributed by atoms with Gasteiger partial charge in [-0.05, 0) is 59.8 Å². The van der Waals surface area contributed by atoms with Crippen LogP contribution in [0.2, 0.25) is 52.9 Å². The highest BCUT2D eigenvalue weighted by atomic mass is 28.4. The lowest BCUT2D eigenvalue weighted by atomic mass is 9.87. The van der Waals surface area contributed by atoms with Crippen LogP contribution in [0.1, 0.15) is 104 Å². The second kappa shape index (κ2) is 15.6. The van der Waals surface area contributed by atoms with Gasteiger partial charge in [-0.2, -0.15) is 0 Å². The monoisotopic (exact) mass is 588 g/mol. The Morgan fingerprint density at radius 3 is 1.32 bits per heavy atom. The van der Waals surface area contributed by atoms with E-state index in [0.717, 1.165) is 18.1 Å². The molecule has 0 bridgehead atoms. The summed E-state index contributed by atoms with van der Waals surface area (Å²) in [5.41, 5.74) is 1.70. The Balaban J connectivity index is 3.53. The zero-order chi connectivity index (χ0) is 29.5. The van der Waals surface area contributed by atoms with Crippen LogP contribution < -0.4 is 0 Å². The molecule has 38 heavy (non-hydrogen) atoms. The lowest BCUT2D eigenvalue weighted by Gasteiger charge is -2.46. The largest absolute Gasteiger partial charge is 0.413 e. The Kier molecular flexibility index (Phi) is 15.0. The van der Waals surface area contributed by atoms with E-state index >= 15 is 0 Å². The van der Waals surface area contributed by atoms with Crippen molar-refractivity contribution < 1.29 is 18.0 Å². The molecule has 1 saturated heterocycles. The summed E-state index contributed by atoms with van der Waals surface area (Å²) in [6, 6.07) is 6.98. The summed E-state index contributed by atoms with van der Waals surface area (Å²) in [7, 11) is -5.68. The molecule has 0 amide bonds. The van der Waals surface area contributed by atoms with Gasteiger partial charge in [0.2, 0.25) is 0 Å². The van der Waals surface area contributed by atoms with E-state index in [9.17, 15) is 0 Å². The van der Waals surface area contributed by atoms with Crippen molar-refractivity contribution in [3.63, 3.8) is 0 Å². The number of rotatable bonds is 20. The van der Waals surface area contributed by atoms with Crippen LogP contribution in [0, 0.1) is 11.8 Å². The highest BCUT2D eigenvalue weighted by Gasteiger charge is 2.50. The van der Waals surface area contributed by atoms with E-state index < -0.39 is 25.0 Å². The fourth-order valence-corrected chi connectivity index (χ4v) is 18.9. The molecule has 0 aromatic carbocycles. The van der Waals surface area contributed by atoms with Gasteiger partial charge >= 0.3 is 0 Å². The molecular formula is C31H68O4Si3. The fourth-order valence-electron chi connectivity index (χ4n) is 7.48. The van der Waals surface area contributed by atoms with Crippen molar-refractivity contribution in [3.05, 3.63) is 0 Å². The maximum atomic E-state index is 7.39. The summed E-state index contributed by atoms with van der Waals surface area (Å²) in [6.07, 6.45) is 0.819. The highest BCUT2D eigenvalue weighted by molar-refractivity contribution is 6.77. The van der Waals surface area contributed by atoms with E-state index in [4.69, 9.17) is 18.0 Å². The second-order valence-electron chi connectivity index (χ2n) is 13.4. The van der Waals surface area contributed by atoms with Crippen molar-refractivity contribution in [3.8, 4) is 0 Å². The first kappa shape index (κ1) is 36.5. The van der Waals surface area contributed by atoms with E-state index in [-0.39, 0.29) is 18.1 Å². The molecule has 0 aromatic heterocycles. The van der Waals surface area contributed by atoms with Crippen molar-refractivity contribution in [1.82, 2.24) is 0 Å². The lowest BCUT2D eigenvalue weighted by Crippen LogP contribution is -2.54. The van der Waals surface area contributed by atoms with Gasteiger partial charge in [0, 0.05) is 11.8 Å². The molecule has 1 heterocycles. The standard InChI is InChI=1S/C31H68O4Si3/c1-16-36(17-2,18-3)34-29(22-32-38(23(7)8,24(9)10)25(11)12)26(13)30(27(14)31-28(15)33-31)35-37(19-4,20-5)21-6/h23-31H,16-22H2,1-15H3/t26-,27+,28+,29+,30-,31+/m1/s1. The topological polar surface area (TPSA) is 40.2 Å². The molecule has 228 valence electrons. The Bertz CT molecular complexity index is 625. The molecule has 0 aliphatic carbocycles. The van der Waals surface area contributed by atoms with Crippen LogP contribution >= 0.6 is 0 Å². The van der Waals surface area contributed by atoms with Gasteiger partial charge in [0.25, 0.3) is 0 Å². The van der Waals surface area contributed by atoms with Crippen molar-refractivity contribution in [2.45, 2.75) is 181 Å². The zero-order valence-corrected chi connectivity index (χ0v) is 31.3. The summed E-state index contributed by atoms with van der Waals surface area (Å²) in [5.74, 6) is 0.610. The molecule has 6 atom stereocenters. The van der Waals surface area contributed by atoms with Crippen molar-refractivity contribution in [2.75, 3.05) is 6.61 Å². The summed E-state index contributed by atoms with van der Waals surface area (Å²) >= 11 is 0. The number of hydrogen-bond acceptors (Lipinski definition) is 4. The Labute approximate surface area is 242 Å². The lowest BCUT2D eigenvalue weighted by molar-refractivity contribution is -0.0175. The Morgan fingerprint density at radius 2 is 1.00 bits per heavy atom. The van der Waals surface area contributed by atoms with Gasteiger partial charge in [0.15, 0.2) is 25.0 Å². The number of hydrogen-bond donors (Lipinski definition) is 0. The second-order valence-corrected chi connectivity index (χ2v) is 28.3. The third-order valence-electron chi connectivity index (χ3n) is 10.8. The van der Waals surface area contributed by atoms with Crippen LogP contribution in [0.15, 0.2) is 0 Å². The molecular weight excluding hydrogens is 521 g/mol. The van der Waals surface area contributed by atoms with Gasteiger partial charge in [-0.1, -0.05) is 96.9 Å². The highest BCUT2D eigenvalue weighted by Crippen LogP contribution is 2.44. The number of ether oxygens (including phenoxy) is 1. The van der Waals surface area contributed by atoms with Gasteiger partial charge in [0.05, 0.1) is 31.0 Å². The van der Waals surface area contributed by atoms with Crippen LogP contribution in [-0.4, -0.2) is 56.0 Å². The van der Waals surface area contributed by atoms with Crippen LogP contribution in [-0.2, 0) is 18.0 Å². The van der Waals surface area contributed by atoms with E-state index in [1.54, 1.807) is 0 Å². The normalized spacial score (nSPS) is 22.3. The summed E-state index contributed by atoms with van der Waals surface area (Å²) < 4.78 is 28.1.